The summed E-state index contributed by atoms with van der Waals surface area (Å²) in [4.78, 5) is 22.8. The molecule has 5 nitrogen and oxygen atoms in total. The van der Waals surface area contributed by atoms with E-state index in [9.17, 15) is 14.7 Å². The molecular formula is C14H23NO4. The van der Waals surface area contributed by atoms with Crippen LogP contribution in [0.3, 0.4) is 0 Å². The van der Waals surface area contributed by atoms with Crippen LogP contribution in [0.5, 0.6) is 0 Å². The fraction of sp³-hybridized carbons (Fsp3) is 0.857. The summed E-state index contributed by atoms with van der Waals surface area (Å²) in [6.45, 7) is 0.666. The molecule has 19 heavy (non-hydrogen) atoms. The number of carboxylic acids is 1. The lowest BCUT2D eigenvalue weighted by Gasteiger charge is -2.25. The largest absolute Gasteiger partial charge is 0.481 e. The van der Waals surface area contributed by atoms with Crippen molar-refractivity contribution in [3.63, 3.8) is 0 Å². The van der Waals surface area contributed by atoms with Crippen LogP contribution in [0.25, 0.3) is 0 Å². The molecule has 2 fully saturated rings. The third-order valence-electron chi connectivity index (χ3n) is 4.53. The molecule has 2 saturated carbocycles. The molecule has 0 aromatic carbocycles. The van der Waals surface area contributed by atoms with Crippen molar-refractivity contribution in [3.05, 3.63) is 0 Å². The number of carbonyl (C=O) groups is 2. The molecule has 3 N–H and O–H groups in total. The minimum absolute atomic E-state index is 0.00914. The molecule has 2 aliphatic carbocycles. The SMILES string of the molecule is O=C(O)[C@H]1CC[C@@H](C(=O)NCC2CCC(O)CC2)C1. The Bertz CT molecular complexity index is 336. The number of aliphatic hydroxyl groups is 1. The van der Waals surface area contributed by atoms with Gasteiger partial charge in [-0.25, -0.2) is 0 Å². The number of rotatable bonds is 4. The van der Waals surface area contributed by atoms with Crippen LogP contribution in [-0.4, -0.2) is 34.7 Å². The van der Waals surface area contributed by atoms with Gasteiger partial charge < -0.3 is 15.5 Å². The molecule has 0 aliphatic heterocycles. The van der Waals surface area contributed by atoms with Crippen molar-refractivity contribution < 1.29 is 19.8 Å². The van der Waals surface area contributed by atoms with E-state index >= 15 is 0 Å². The van der Waals surface area contributed by atoms with Crippen LogP contribution in [-0.2, 0) is 9.59 Å². The van der Waals surface area contributed by atoms with Crippen molar-refractivity contribution in [2.24, 2.45) is 17.8 Å². The summed E-state index contributed by atoms with van der Waals surface area (Å²) in [7, 11) is 0. The first-order valence-electron chi connectivity index (χ1n) is 7.25. The smallest absolute Gasteiger partial charge is 0.306 e. The van der Waals surface area contributed by atoms with Crippen molar-refractivity contribution in [1.29, 1.82) is 0 Å². The fourth-order valence-electron chi connectivity index (χ4n) is 3.18. The van der Waals surface area contributed by atoms with Crippen LogP contribution in [0.2, 0.25) is 0 Å². The zero-order chi connectivity index (χ0) is 13.8. The number of amides is 1. The standard InChI is InChI=1S/C14H23NO4/c16-12-5-1-9(2-6-12)8-15-13(17)10-3-4-11(7-10)14(18)19/h9-12,16H,1-8H2,(H,15,17)(H,18,19)/t9?,10-,11+,12?/m1/s1. The van der Waals surface area contributed by atoms with E-state index in [1.54, 1.807) is 0 Å². The molecule has 2 aliphatic rings. The number of hydrogen-bond acceptors (Lipinski definition) is 3. The van der Waals surface area contributed by atoms with E-state index in [-0.39, 0.29) is 23.8 Å². The molecule has 2 rings (SSSR count). The van der Waals surface area contributed by atoms with Crippen LogP contribution in [0, 0.1) is 17.8 Å². The van der Waals surface area contributed by atoms with Crippen LogP contribution in [0.1, 0.15) is 44.9 Å². The average molecular weight is 269 g/mol. The van der Waals surface area contributed by atoms with E-state index in [4.69, 9.17) is 5.11 Å². The number of aliphatic carboxylic acids is 1. The number of hydrogen-bond donors (Lipinski definition) is 3. The summed E-state index contributed by atoms with van der Waals surface area (Å²) >= 11 is 0. The lowest BCUT2D eigenvalue weighted by Crippen LogP contribution is -2.35. The Morgan fingerprint density at radius 2 is 1.63 bits per heavy atom. The lowest BCUT2D eigenvalue weighted by atomic mass is 9.87. The van der Waals surface area contributed by atoms with Gasteiger partial charge in [0.25, 0.3) is 0 Å². The number of aliphatic hydroxyl groups excluding tert-OH is 1. The topological polar surface area (TPSA) is 86.6 Å². The maximum atomic E-state index is 12.0. The highest BCUT2D eigenvalue weighted by atomic mass is 16.4. The lowest BCUT2D eigenvalue weighted by molar-refractivity contribution is -0.141. The van der Waals surface area contributed by atoms with Gasteiger partial charge in [-0.05, 0) is 50.9 Å². The second-order valence-corrected chi connectivity index (χ2v) is 5.96. The van der Waals surface area contributed by atoms with Crippen molar-refractivity contribution >= 4 is 11.9 Å². The van der Waals surface area contributed by atoms with Gasteiger partial charge in [0, 0.05) is 12.5 Å². The van der Waals surface area contributed by atoms with Gasteiger partial charge in [-0.3, -0.25) is 9.59 Å². The van der Waals surface area contributed by atoms with E-state index in [1.165, 1.54) is 0 Å². The number of carboxylic acid groups (broad SMARTS) is 1. The Hall–Kier alpha value is -1.10. The van der Waals surface area contributed by atoms with E-state index in [2.05, 4.69) is 5.32 Å². The zero-order valence-electron chi connectivity index (χ0n) is 11.2. The first-order chi connectivity index (χ1) is 9.06. The third kappa shape index (κ3) is 3.93. The van der Waals surface area contributed by atoms with Crippen molar-refractivity contribution in [3.8, 4) is 0 Å². The molecule has 5 heteroatoms. The molecule has 0 bridgehead atoms. The van der Waals surface area contributed by atoms with Gasteiger partial charge >= 0.3 is 5.97 Å². The van der Waals surface area contributed by atoms with Gasteiger partial charge in [0.15, 0.2) is 0 Å². The number of nitrogens with one attached hydrogen (secondary N) is 1. The highest BCUT2D eigenvalue weighted by Gasteiger charge is 2.34. The highest BCUT2D eigenvalue weighted by Crippen LogP contribution is 2.31. The predicted molar refractivity (Wildman–Crippen MR) is 69.4 cm³/mol. The average Bonchev–Trinajstić information content (AvgIpc) is 2.87. The van der Waals surface area contributed by atoms with Gasteiger partial charge in [-0.15, -0.1) is 0 Å². The Balaban J connectivity index is 1.69. The maximum absolute atomic E-state index is 12.0. The summed E-state index contributed by atoms with van der Waals surface area (Å²) in [6, 6.07) is 0. The molecule has 0 heterocycles. The normalized spacial score (nSPS) is 35.0. The minimum Gasteiger partial charge on any atom is -0.481 e. The molecule has 0 aromatic rings. The molecule has 0 saturated heterocycles. The molecule has 0 spiro atoms. The van der Waals surface area contributed by atoms with Crippen molar-refractivity contribution in [1.82, 2.24) is 5.32 Å². The summed E-state index contributed by atoms with van der Waals surface area (Å²) in [5.74, 6) is -0.786. The van der Waals surface area contributed by atoms with Crippen LogP contribution >= 0.6 is 0 Å². The first-order valence-corrected chi connectivity index (χ1v) is 7.25. The Labute approximate surface area is 113 Å². The van der Waals surface area contributed by atoms with Crippen molar-refractivity contribution in [2.45, 2.75) is 51.0 Å². The summed E-state index contributed by atoms with van der Waals surface area (Å²) in [5.41, 5.74) is 0. The summed E-state index contributed by atoms with van der Waals surface area (Å²) in [5, 5.41) is 21.3. The molecular weight excluding hydrogens is 246 g/mol. The summed E-state index contributed by atoms with van der Waals surface area (Å²) < 4.78 is 0. The van der Waals surface area contributed by atoms with Gasteiger partial charge in [-0.1, -0.05) is 0 Å². The van der Waals surface area contributed by atoms with Crippen LogP contribution in [0.15, 0.2) is 0 Å². The molecule has 0 aromatic heterocycles. The quantitative estimate of drug-likeness (QED) is 0.714. The second kappa shape index (κ2) is 6.37. The maximum Gasteiger partial charge on any atom is 0.306 e. The Morgan fingerprint density at radius 1 is 1.00 bits per heavy atom. The highest BCUT2D eigenvalue weighted by molar-refractivity contribution is 5.80. The van der Waals surface area contributed by atoms with Crippen LogP contribution in [0.4, 0.5) is 0 Å². The van der Waals surface area contributed by atoms with E-state index in [1.807, 2.05) is 0 Å². The third-order valence-corrected chi connectivity index (χ3v) is 4.53. The van der Waals surface area contributed by atoms with E-state index in [0.29, 0.717) is 31.7 Å². The monoisotopic (exact) mass is 269 g/mol. The molecule has 0 radical (unpaired) electrons. The second-order valence-electron chi connectivity index (χ2n) is 5.96. The summed E-state index contributed by atoms with van der Waals surface area (Å²) in [6.07, 6.45) is 5.18. The zero-order valence-corrected chi connectivity index (χ0v) is 11.2. The van der Waals surface area contributed by atoms with Gasteiger partial charge in [0.05, 0.1) is 12.0 Å². The number of carbonyl (C=O) groups excluding carboxylic acids is 1. The van der Waals surface area contributed by atoms with Crippen molar-refractivity contribution in [2.75, 3.05) is 6.54 Å². The van der Waals surface area contributed by atoms with Gasteiger partial charge in [0.2, 0.25) is 5.91 Å². The van der Waals surface area contributed by atoms with Gasteiger partial charge in [0.1, 0.15) is 0 Å². The first kappa shape index (κ1) is 14.3. The Morgan fingerprint density at radius 3 is 2.21 bits per heavy atom. The molecule has 1 amide bonds. The predicted octanol–water partition coefficient (Wildman–Crippen LogP) is 1.15. The van der Waals surface area contributed by atoms with E-state index < -0.39 is 5.97 Å². The van der Waals surface area contributed by atoms with Gasteiger partial charge in [-0.2, -0.15) is 0 Å². The molecule has 0 unspecified atom stereocenters. The van der Waals surface area contributed by atoms with E-state index in [0.717, 1.165) is 25.7 Å². The fourth-order valence-corrected chi connectivity index (χ4v) is 3.18. The molecule has 108 valence electrons. The Kier molecular flexibility index (Phi) is 4.80. The van der Waals surface area contributed by atoms with Crippen LogP contribution < -0.4 is 5.32 Å². The minimum atomic E-state index is -0.781. The molecule has 2 atom stereocenters.